The second kappa shape index (κ2) is 3.77. The van der Waals surface area contributed by atoms with E-state index < -0.39 is 0 Å². The van der Waals surface area contributed by atoms with Gasteiger partial charge in [0.15, 0.2) is 0 Å². The van der Waals surface area contributed by atoms with Crippen LogP contribution in [0.5, 0.6) is 5.75 Å². The number of benzene rings is 1. The molecule has 2 nitrogen and oxygen atoms in total. The molecular weight excluding hydrogens is 303 g/mol. The van der Waals surface area contributed by atoms with Crippen LogP contribution in [0.2, 0.25) is 0 Å². The van der Waals surface area contributed by atoms with Gasteiger partial charge in [-0.3, -0.25) is 4.79 Å². The summed E-state index contributed by atoms with van der Waals surface area (Å²) >= 11 is 2.25. The molecule has 0 aromatic heterocycles. The van der Waals surface area contributed by atoms with Crippen molar-refractivity contribution < 1.29 is 9.53 Å². The molecule has 2 rings (SSSR count). The second-order valence-electron chi connectivity index (χ2n) is 4.41. The number of hydrogen-bond donors (Lipinski definition) is 0. The van der Waals surface area contributed by atoms with E-state index >= 15 is 0 Å². The molecule has 1 aliphatic rings. The molecule has 0 heterocycles. The summed E-state index contributed by atoms with van der Waals surface area (Å²) in [6.45, 7) is 3.88. The summed E-state index contributed by atoms with van der Waals surface area (Å²) in [5, 5.41) is 0. The molecule has 1 aliphatic carbocycles. The first-order chi connectivity index (χ1) is 7.00. The standard InChI is InChI=1S/C12H13IO2/c1-12(2)10(14)7-11(12)15-9-5-3-8(13)4-6-9/h3-6,11H,7H2,1-2H3. The highest BCUT2D eigenvalue weighted by Crippen LogP contribution is 2.39. The van der Waals surface area contributed by atoms with Crippen LogP contribution in [0.1, 0.15) is 20.3 Å². The fourth-order valence-electron chi connectivity index (χ4n) is 1.60. The maximum atomic E-state index is 11.3. The lowest BCUT2D eigenvalue weighted by Crippen LogP contribution is -2.52. The average molecular weight is 316 g/mol. The first-order valence-corrected chi connectivity index (χ1v) is 6.03. The predicted molar refractivity (Wildman–Crippen MR) is 67.0 cm³/mol. The number of ketones is 1. The van der Waals surface area contributed by atoms with Crippen LogP contribution >= 0.6 is 22.6 Å². The third kappa shape index (κ3) is 2.02. The fraction of sp³-hybridized carbons (Fsp3) is 0.417. The van der Waals surface area contributed by atoms with Crippen LogP contribution in [-0.4, -0.2) is 11.9 Å². The molecule has 1 aromatic carbocycles. The van der Waals surface area contributed by atoms with E-state index in [9.17, 15) is 4.79 Å². The van der Waals surface area contributed by atoms with Crippen LogP contribution in [0.4, 0.5) is 0 Å². The van der Waals surface area contributed by atoms with Gasteiger partial charge in [-0.05, 0) is 60.7 Å². The van der Waals surface area contributed by atoms with Gasteiger partial charge in [-0.25, -0.2) is 0 Å². The minimum absolute atomic E-state index is 0.0325. The van der Waals surface area contributed by atoms with Crippen molar-refractivity contribution in [2.45, 2.75) is 26.4 Å². The Hall–Kier alpha value is -0.580. The minimum atomic E-state index is -0.316. The lowest BCUT2D eigenvalue weighted by Gasteiger charge is -2.41. The molecule has 1 aromatic rings. The summed E-state index contributed by atoms with van der Waals surface area (Å²) < 4.78 is 6.95. The summed E-state index contributed by atoms with van der Waals surface area (Å²) in [6.07, 6.45) is 0.573. The fourth-order valence-corrected chi connectivity index (χ4v) is 1.96. The van der Waals surface area contributed by atoms with Crippen molar-refractivity contribution in [1.29, 1.82) is 0 Å². The molecule has 80 valence electrons. The van der Waals surface area contributed by atoms with E-state index in [4.69, 9.17) is 4.74 Å². The summed E-state index contributed by atoms with van der Waals surface area (Å²) in [5.74, 6) is 1.14. The summed E-state index contributed by atoms with van der Waals surface area (Å²) in [4.78, 5) is 11.3. The molecule has 1 saturated carbocycles. The lowest BCUT2D eigenvalue weighted by molar-refractivity contribution is -0.148. The smallest absolute Gasteiger partial charge is 0.145 e. The highest BCUT2D eigenvalue weighted by molar-refractivity contribution is 14.1. The molecule has 15 heavy (non-hydrogen) atoms. The van der Waals surface area contributed by atoms with E-state index in [0.29, 0.717) is 6.42 Å². The summed E-state index contributed by atoms with van der Waals surface area (Å²) in [7, 11) is 0. The van der Waals surface area contributed by atoms with E-state index in [1.165, 1.54) is 3.57 Å². The van der Waals surface area contributed by atoms with E-state index in [0.717, 1.165) is 5.75 Å². The number of Topliss-reactive ketones (excluding diaryl/α,β-unsaturated/α-hetero) is 1. The van der Waals surface area contributed by atoms with Crippen molar-refractivity contribution in [3.63, 3.8) is 0 Å². The first-order valence-electron chi connectivity index (χ1n) is 4.95. The Labute approximate surface area is 103 Å². The maximum Gasteiger partial charge on any atom is 0.145 e. The van der Waals surface area contributed by atoms with Gasteiger partial charge in [0.05, 0.1) is 5.41 Å². The summed E-state index contributed by atoms with van der Waals surface area (Å²) in [5.41, 5.74) is -0.316. The van der Waals surface area contributed by atoms with E-state index in [1.54, 1.807) is 0 Å². The minimum Gasteiger partial charge on any atom is -0.489 e. The molecule has 1 unspecified atom stereocenters. The van der Waals surface area contributed by atoms with Gasteiger partial charge >= 0.3 is 0 Å². The number of carbonyl (C=O) groups excluding carboxylic acids is 1. The zero-order valence-electron chi connectivity index (χ0n) is 8.79. The SMILES string of the molecule is CC1(C)C(=O)CC1Oc1ccc(I)cc1. The molecule has 0 amide bonds. The largest absolute Gasteiger partial charge is 0.489 e. The topological polar surface area (TPSA) is 26.3 Å². The van der Waals surface area contributed by atoms with Gasteiger partial charge < -0.3 is 4.74 Å². The molecule has 0 aliphatic heterocycles. The van der Waals surface area contributed by atoms with E-state index in [1.807, 2.05) is 38.1 Å². The van der Waals surface area contributed by atoms with Crippen molar-refractivity contribution in [1.82, 2.24) is 0 Å². The molecule has 0 N–H and O–H groups in total. The van der Waals surface area contributed by atoms with Crippen molar-refractivity contribution >= 4 is 28.4 Å². The first kappa shape index (κ1) is 10.9. The molecular formula is C12H13IO2. The predicted octanol–water partition coefficient (Wildman–Crippen LogP) is 3.04. The maximum absolute atomic E-state index is 11.3. The van der Waals surface area contributed by atoms with Crippen LogP contribution in [0.15, 0.2) is 24.3 Å². The van der Waals surface area contributed by atoms with Gasteiger partial charge in [-0.2, -0.15) is 0 Å². The Balaban J connectivity index is 2.05. The average Bonchev–Trinajstić information content (AvgIpc) is 2.21. The Bertz CT molecular complexity index is 381. The van der Waals surface area contributed by atoms with Crippen molar-refractivity contribution in [2.75, 3.05) is 0 Å². The lowest BCUT2D eigenvalue weighted by atomic mass is 9.68. The number of halogens is 1. The summed E-state index contributed by atoms with van der Waals surface area (Å²) in [6, 6.07) is 7.90. The van der Waals surface area contributed by atoms with Gasteiger partial charge in [0.2, 0.25) is 0 Å². The van der Waals surface area contributed by atoms with Crippen LogP contribution < -0.4 is 4.74 Å². The number of carbonyl (C=O) groups is 1. The zero-order chi connectivity index (χ0) is 11.1. The molecule has 1 atom stereocenters. The highest BCUT2D eigenvalue weighted by atomic mass is 127. The van der Waals surface area contributed by atoms with Crippen LogP contribution in [0, 0.1) is 8.99 Å². The molecule has 0 spiro atoms. The molecule has 1 fully saturated rings. The normalized spacial score (nSPS) is 23.4. The van der Waals surface area contributed by atoms with Gasteiger partial charge in [-0.1, -0.05) is 0 Å². The van der Waals surface area contributed by atoms with Gasteiger partial charge in [0.25, 0.3) is 0 Å². The Kier molecular flexibility index (Phi) is 2.75. The number of hydrogen-bond acceptors (Lipinski definition) is 2. The monoisotopic (exact) mass is 316 g/mol. The molecule has 0 bridgehead atoms. The van der Waals surface area contributed by atoms with E-state index in [2.05, 4.69) is 22.6 Å². The Morgan fingerprint density at radius 1 is 1.33 bits per heavy atom. The molecule has 3 heteroatoms. The van der Waals surface area contributed by atoms with Gasteiger partial charge in [0.1, 0.15) is 17.6 Å². The third-order valence-electron chi connectivity index (χ3n) is 2.99. The van der Waals surface area contributed by atoms with E-state index in [-0.39, 0.29) is 17.3 Å². The van der Waals surface area contributed by atoms with Crippen LogP contribution in [0.25, 0.3) is 0 Å². The highest BCUT2D eigenvalue weighted by Gasteiger charge is 2.49. The molecule has 0 saturated heterocycles. The zero-order valence-corrected chi connectivity index (χ0v) is 10.9. The quantitative estimate of drug-likeness (QED) is 0.784. The number of ether oxygens (including phenoxy) is 1. The van der Waals surface area contributed by atoms with Crippen molar-refractivity contribution in [2.24, 2.45) is 5.41 Å². The van der Waals surface area contributed by atoms with Crippen molar-refractivity contribution in [3.05, 3.63) is 27.8 Å². The van der Waals surface area contributed by atoms with Gasteiger partial charge in [0, 0.05) is 9.99 Å². The van der Waals surface area contributed by atoms with Crippen molar-refractivity contribution in [3.8, 4) is 5.75 Å². The molecule has 0 radical (unpaired) electrons. The third-order valence-corrected chi connectivity index (χ3v) is 3.71. The van der Waals surface area contributed by atoms with Crippen LogP contribution in [0.3, 0.4) is 0 Å². The van der Waals surface area contributed by atoms with Gasteiger partial charge in [-0.15, -0.1) is 0 Å². The number of rotatable bonds is 2. The van der Waals surface area contributed by atoms with Crippen LogP contribution in [-0.2, 0) is 4.79 Å². The Morgan fingerprint density at radius 3 is 2.40 bits per heavy atom. The second-order valence-corrected chi connectivity index (χ2v) is 5.66. The Morgan fingerprint density at radius 2 is 1.93 bits per heavy atom.